The normalized spacial score (nSPS) is 14.6. The van der Waals surface area contributed by atoms with Gasteiger partial charge in [0, 0.05) is 11.1 Å². The molecule has 4 N–H and O–H groups in total. The van der Waals surface area contributed by atoms with Crippen molar-refractivity contribution in [2.45, 2.75) is 12.2 Å². The molecule has 0 amide bonds. The van der Waals surface area contributed by atoms with Gasteiger partial charge in [0.05, 0.1) is 6.61 Å². The zero-order chi connectivity index (χ0) is 11.4. The summed E-state index contributed by atoms with van der Waals surface area (Å²) in [5, 5.41) is 36.8. The van der Waals surface area contributed by atoms with Gasteiger partial charge in [0.1, 0.15) is 18.0 Å². The zero-order valence-corrected chi connectivity index (χ0v) is 7.87. The van der Waals surface area contributed by atoms with Gasteiger partial charge < -0.3 is 20.4 Å². The van der Waals surface area contributed by atoms with Gasteiger partial charge in [-0.05, 0) is 6.07 Å². The first-order valence-electron chi connectivity index (χ1n) is 4.35. The summed E-state index contributed by atoms with van der Waals surface area (Å²) >= 11 is 0. The van der Waals surface area contributed by atoms with E-state index in [1.165, 1.54) is 18.2 Å². The Morgan fingerprint density at radius 1 is 1.33 bits per heavy atom. The fourth-order valence-electron chi connectivity index (χ4n) is 1.29. The van der Waals surface area contributed by atoms with E-state index in [1.807, 2.05) is 0 Å². The van der Waals surface area contributed by atoms with Gasteiger partial charge in [0.25, 0.3) is 0 Å². The van der Waals surface area contributed by atoms with Gasteiger partial charge in [-0.25, -0.2) is 0 Å². The lowest BCUT2D eigenvalue weighted by atomic mass is 9.98. The van der Waals surface area contributed by atoms with Crippen molar-refractivity contribution >= 4 is 6.29 Å². The number of carbonyl (C=O) groups excluding carboxylic acids is 1. The molecule has 0 aliphatic rings. The van der Waals surface area contributed by atoms with Crippen LogP contribution in [0.4, 0.5) is 0 Å². The van der Waals surface area contributed by atoms with E-state index in [-0.39, 0.29) is 16.9 Å². The maximum atomic E-state index is 10.6. The van der Waals surface area contributed by atoms with Crippen LogP contribution >= 0.6 is 0 Å². The van der Waals surface area contributed by atoms with E-state index in [2.05, 4.69) is 0 Å². The van der Waals surface area contributed by atoms with E-state index < -0.39 is 18.8 Å². The van der Waals surface area contributed by atoms with Gasteiger partial charge in [-0.3, -0.25) is 4.79 Å². The summed E-state index contributed by atoms with van der Waals surface area (Å²) in [6.07, 6.45) is -2.46. The van der Waals surface area contributed by atoms with E-state index in [0.717, 1.165) is 0 Å². The number of hydrogen-bond acceptors (Lipinski definition) is 5. The summed E-state index contributed by atoms with van der Waals surface area (Å²) in [5.41, 5.74) is 0.00375. The molecule has 0 spiro atoms. The number of rotatable bonds is 4. The molecule has 1 aromatic carbocycles. The molecule has 0 saturated carbocycles. The summed E-state index contributed by atoms with van der Waals surface area (Å²) in [4.78, 5) is 10.6. The fourth-order valence-corrected chi connectivity index (χ4v) is 1.29. The van der Waals surface area contributed by atoms with E-state index in [0.29, 0.717) is 6.29 Å². The van der Waals surface area contributed by atoms with E-state index in [1.54, 1.807) is 0 Å². The molecule has 0 aliphatic carbocycles. The van der Waals surface area contributed by atoms with Crippen LogP contribution in [0.1, 0.15) is 22.0 Å². The molecule has 0 fully saturated rings. The van der Waals surface area contributed by atoms with Crippen LogP contribution < -0.4 is 0 Å². The predicted octanol–water partition coefficient (Wildman–Crippen LogP) is -0.409. The number of aromatic hydroxyl groups is 1. The second kappa shape index (κ2) is 4.88. The van der Waals surface area contributed by atoms with E-state index in [4.69, 9.17) is 5.11 Å². The second-order valence-electron chi connectivity index (χ2n) is 3.09. The molecule has 5 heteroatoms. The molecule has 0 bridgehead atoms. The molecule has 82 valence electrons. The molecule has 5 nitrogen and oxygen atoms in total. The van der Waals surface area contributed by atoms with Gasteiger partial charge >= 0.3 is 0 Å². The Morgan fingerprint density at radius 3 is 2.53 bits per heavy atom. The van der Waals surface area contributed by atoms with Crippen molar-refractivity contribution in [3.8, 4) is 5.75 Å². The molecule has 0 saturated heterocycles. The summed E-state index contributed by atoms with van der Waals surface area (Å²) in [6.45, 7) is -0.659. The lowest BCUT2D eigenvalue weighted by molar-refractivity contribution is -0.0164. The smallest absolute Gasteiger partial charge is 0.150 e. The maximum Gasteiger partial charge on any atom is 0.150 e. The molecule has 0 aromatic heterocycles. The van der Waals surface area contributed by atoms with Crippen LogP contribution in [0.3, 0.4) is 0 Å². The lowest BCUT2D eigenvalue weighted by Crippen LogP contribution is -2.23. The monoisotopic (exact) mass is 212 g/mol. The maximum absolute atomic E-state index is 10.6. The third-order valence-electron chi connectivity index (χ3n) is 2.09. The quantitative estimate of drug-likeness (QED) is 0.509. The Balaban J connectivity index is 3.16. The molecular weight excluding hydrogens is 200 g/mol. The van der Waals surface area contributed by atoms with Crippen LogP contribution in [0.5, 0.6) is 5.75 Å². The summed E-state index contributed by atoms with van der Waals surface area (Å²) in [7, 11) is 0. The minimum atomic E-state index is -1.49. The first-order valence-corrected chi connectivity index (χ1v) is 4.35. The van der Waals surface area contributed by atoms with Crippen molar-refractivity contribution in [1.82, 2.24) is 0 Å². The standard InChI is InChI=1S/C10H12O5/c11-4-6-2-1-3-7(13)9(6)10(15)8(14)5-12/h1-4,8,10,12-15H,5H2. The van der Waals surface area contributed by atoms with Gasteiger partial charge in [-0.2, -0.15) is 0 Å². The minimum Gasteiger partial charge on any atom is -0.508 e. The van der Waals surface area contributed by atoms with Crippen LogP contribution in [-0.4, -0.2) is 39.4 Å². The molecule has 0 heterocycles. The highest BCUT2D eigenvalue weighted by Crippen LogP contribution is 2.28. The van der Waals surface area contributed by atoms with Gasteiger partial charge in [-0.15, -0.1) is 0 Å². The number of aliphatic hydroxyl groups is 3. The van der Waals surface area contributed by atoms with Crippen LogP contribution in [0.25, 0.3) is 0 Å². The lowest BCUT2D eigenvalue weighted by Gasteiger charge is -2.18. The van der Waals surface area contributed by atoms with Crippen molar-refractivity contribution in [1.29, 1.82) is 0 Å². The molecule has 2 unspecified atom stereocenters. The number of hydrogen-bond donors (Lipinski definition) is 4. The molecule has 2 atom stereocenters. The van der Waals surface area contributed by atoms with E-state index in [9.17, 15) is 20.1 Å². The summed E-state index contributed by atoms with van der Waals surface area (Å²) in [6, 6.07) is 4.13. The Hall–Kier alpha value is -1.43. The second-order valence-corrected chi connectivity index (χ2v) is 3.09. The highest BCUT2D eigenvalue weighted by atomic mass is 16.4. The molecular formula is C10H12O5. The summed E-state index contributed by atoms with van der Waals surface area (Å²) < 4.78 is 0. The van der Waals surface area contributed by atoms with Crippen molar-refractivity contribution in [3.05, 3.63) is 29.3 Å². The molecule has 0 radical (unpaired) electrons. The molecule has 0 aliphatic heterocycles. The van der Waals surface area contributed by atoms with Crippen LogP contribution in [0.15, 0.2) is 18.2 Å². The minimum absolute atomic E-state index is 0.0750. The van der Waals surface area contributed by atoms with Crippen molar-refractivity contribution < 1.29 is 25.2 Å². The van der Waals surface area contributed by atoms with Gasteiger partial charge in [0.15, 0.2) is 6.29 Å². The first kappa shape index (κ1) is 11.6. The van der Waals surface area contributed by atoms with Crippen molar-refractivity contribution in [3.63, 3.8) is 0 Å². The van der Waals surface area contributed by atoms with Crippen LogP contribution in [0.2, 0.25) is 0 Å². The van der Waals surface area contributed by atoms with Crippen LogP contribution in [-0.2, 0) is 0 Å². The first-order chi connectivity index (χ1) is 7.11. The molecule has 1 rings (SSSR count). The number of aliphatic hydroxyl groups excluding tert-OH is 3. The number of phenolic OH excluding ortho intramolecular Hbond substituents is 1. The number of phenols is 1. The third-order valence-corrected chi connectivity index (χ3v) is 2.09. The number of aldehydes is 1. The van der Waals surface area contributed by atoms with Crippen molar-refractivity contribution in [2.24, 2.45) is 0 Å². The SMILES string of the molecule is O=Cc1cccc(O)c1C(O)C(O)CO. The Kier molecular flexibility index (Phi) is 3.79. The van der Waals surface area contributed by atoms with Crippen LogP contribution in [0, 0.1) is 0 Å². The third kappa shape index (κ3) is 2.33. The largest absolute Gasteiger partial charge is 0.508 e. The number of benzene rings is 1. The predicted molar refractivity (Wildman–Crippen MR) is 51.5 cm³/mol. The van der Waals surface area contributed by atoms with Crippen molar-refractivity contribution in [2.75, 3.05) is 6.61 Å². The Morgan fingerprint density at radius 2 is 2.00 bits per heavy atom. The number of carbonyl (C=O) groups is 1. The zero-order valence-electron chi connectivity index (χ0n) is 7.87. The molecule has 15 heavy (non-hydrogen) atoms. The van der Waals surface area contributed by atoms with Gasteiger partial charge in [-0.1, -0.05) is 12.1 Å². The topological polar surface area (TPSA) is 98.0 Å². The fraction of sp³-hybridized carbons (Fsp3) is 0.300. The average molecular weight is 212 g/mol. The highest BCUT2D eigenvalue weighted by molar-refractivity contribution is 5.79. The molecule has 1 aromatic rings. The Labute approximate surface area is 86.2 Å². The Bertz CT molecular complexity index is 350. The van der Waals surface area contributed by atoms with Gasteiger partial charge in [0.2, 0.25) is 0 Å². The van der Waals surface area contributed by atoms with E-state index >= 15 is 0 Å². The highest BCUT2D eigenvalue weighted by Gasteiger charge is 2.23. The average Bonchev–Trinajstić information content (AvgIpc) is 2.26. The summed E-state index contributed by atoms with van der Waals surface area (Å²) in [5.74, 6) is -0.292.